The summed E-state index contributed by atoms with van der Waals surface area (Å²) >= 11 is 0. The molecule has 1 aliphatic rings. The zero-order chi connectivity index (χ0) is 15.8. The molecule has 21 heavy (non-hydrogen) atoms. The van der Waals surface area contributed by atoms with Crippen molar-refractivity contribution in [2.24, 2.45) is 5.92 Å². The maximum atomic E-state index is 12.1. The third kappa shape index (κ3) is 5.89. The molecule has 1 heterocycles. The second-order valence-corrected chi connectivity index (χ2v) is 5.67. The second-order valence-electron chi connectivity index (χ2n) is 5.67. The van der Waals surface area contributed by atoms with Gasteiger partial charge >= 0.3 is 6.09 Å². The average Bonchev–Trinajstić information content (AvgIpc) is 2.83. The maximum absolute atomic E-state index is 12.1. The quantitative estimate of drug-likeness (QED) is 0.663. The molecule has 0 aromatic heterocycles. The third-order valence-corrected chi connectivity index (χ3v) is 3.18. The van der Waals surface area contributed by atoms with Crippen LogP contribution < -0.4 is 5.32 Å². The van der Waals surface area contributed by atoms with Gasteiger partial charge in [-0.25, -0.2) is 4.79 Å². The first-order valence-electron chi connectivity index (χ1n) is 7.33. The Balaban J connectivity index is 2.49. The molecule has 0 radical (unpaired) electrons. The molecule has 0 saturated carbocycles. The Bertz CT molecular complexity index is 348. The molecule has 1 aliphatic heterocycles. The molecule has 1 rings (SSSR count). The lowest BCUT2D eigenvalue weighted by Crippen LogP contribution is -2.46. The standard InChI is InChI=1S/C14H26N2O5/c1-10(2)9-21-14(19)16-8-11(17)7-12(16)13(18)15-5-4-6-20-3/h10-12,17H,4-9H2,1-3H3,(H,15,18)/t11-,12-/m0/s1. The van der Waals surface area contributed by atoms with Gasteiger partial charge in [-0.3, -0.25) is 9.69 Å². The predicted octanol–water partition coefficient (Wildman–Crippen LogP) is 0.367. The van der Waals surface area contributed by atoms with Gasteiger partial charge in [0.05, 0.1) is 19.3 Å². The highest BCUT2D eigenvalue weighted by atomic mass is 16.6. The van der Waals surface area contributed by atoms with Crippen LogP contribution in [-0.4, -0.2) is 67.6 Å². The highest BCUT2D eigenvalue weighted by Crippen LogP contribution is 2.19. The van der Waals surface area contributed by atoms with Crippen molar-refractivity contribution in [3.05, 3.63) is 0 Å². The minimum absolute atomic E-state index is 0.132. The van der Waals surface area contributed by atoms with Gasteiger partial charge in [0.25, 0.3) is 0 Å². The molecule has 1 saturated heterocycles. The molecular formula is C14H26N2O5. The molecule has 0 unspecified atom stereocenters. The van der Waals surface area contributed by atoms with E-state index in [0.29, 0.717) is 26.2 Å². The fraction of sp³-hybridized carbons (Fsp3) is 0.857. The van der Waals surface area contributed by atoms with E-state index in [1.165, 1.54) is 4.90 Å². The number of β-amino-alcohol motifs (C(OH)–C–C–N with tert-alkyl or cyclic N) is 1. The first-order chi connectivity index (χ1) is 9.95. The Morgan fingerprint density at radius 3 is 2.76 bits per heavy atom. The first kappa shape index (κ1) is 17.7. The van der Waals surface area contributed by atoms with Crippen LogP contribution in [0.5, 0.6) is 0 Å². The van der Waals surface area contributed by atoms with Gasteiger partial charge in [0.2, 0.25) is 5.91 Å². The lowest BCUT2D eigenvalue weighted by molar-refractivity contribution is -0.125. The highest BCUT2D eigenvalue weighted by molar-refractivity contribution is 5.86. The summed E-state index contributed by atoms with van der Waals surface area (Å²) in [5.74, 6) is -0.0352. The van der Waals surface area contributed by atoms with Gasteiger partial charge in [-0.2, -0.15) is 0 Å². The SMILES string of the molecule is COCCCNC(=O)[C@@H]1C[C@H](O)CN1C(=O)OCC(C)C. The Labute approximate surface area is 125 Å². The van der Waals surface area contributed by atoms with Crippen molar-refractivity contribution in [1.29, 1.82) is 0 Å². The summed E-state index contributed by atoms with van der Waals surface area (Å²) in [6, 6.07) is -0.665. The Hall–Kier alpha value is -1.34. The number of carbonyl (C=O) groups is 2. The minimum atomic E-state index is -0.689. The van der Waals surface area contributed by atoms with Crippen molar-refractivity contribution >= 4 is 12.0 Å². The van der Waals surface area contributed by atoms with E-state index >= 15 is 0 Å². The van der Waals surface area contributed by atoms with Crippen LogP contribution in [0.15, 0.2) is 0 Å². The molecule has 0 aromatic carbocycles. The molecule has 1 fully saturated rings. The second kappa shape index (κ2) is 8.84. The molecule has 122 valence electrons. The monoisotopic (exact) mass is 302 g/mol. The van der Waals surface area contributed by atoms with Gasteiger partial charge in [-0.05, 0) is 12.3 Å². The van der Waals surface area contributed by atoms with Gasteiger partial charge in [-0.15, -0.1) is 0 Å². The van der Waals surface area contributed by atoms with E-state index < -0.39 is 18.2 Å². The summed E-state index contributed by atoms with van der Waals surface area (Å²) in [6.07, 6.45) is -0.286. The topological polar surface area (TPSA) is 88.1 Å². The summed E-state index contributed by atoms with van der Waals surface area (Å²) in [6.45, 7) is 5.35. The van der Waals surface area contributed by atoms with Gasteiger partial charge in [-0.1, -0.05) is 13.8 Å². The molecule has 0 aliphatic carbocycles. The Kier molecular flexibility index (Phi) is 7.45. The summed E-state index contributed by atoms with van der Waals surface area (Å²) in [5, 5.41) is 12.5. The fourth-order valence-corrected chi connectivity index (χ4v) is 2.13. The summed E-state index contributed by atoms with van der Waals surface area (Å²) in [4.78, 5) is 25.4. The van der Waals surface area contributed by atoms with E-state index in [2.05, 4.69) is 5.32 Å². The zero-order valence-corrected chi connectivity index (χ0v) is 13.0. The number of hydrogen-bond donors (Lipinski definition) is 2. The molecular weight excluding hydrogens is 276 g/mol. The van der Waals surface area contributed by atoms with Gasteiger partial charge in [0, 0.05) is 26.7 Å². The van der Waals surface area contributed by atoms with Crippen LogP contribution in [0.3, 0.4) is 0 Å². The van der Waals surface area contributed by atoms with E-state index in [1.54, 1.807) is 7.11 Å². The van der Waals surface area contributed by atoms with Crippen LogP contribution in [0, 0.1) is 5.92 Å². The Morgan fingerprint density at radius 2 is 2.14 bits per heavy atom. The molecule has 7 heteroatoms. The lowest BCUT2D eigenvalue weighted by Gasteiger charge is -2.23. The normalized spacial score (nSPS) is 21.7. The van der Waals surface area contributed by atoms with E-state index in [0.717, 1.165) is 0 Å². The van der Waals surface area contributed by atoms with Gasteiger partial charge in [0.1, 0.15) is 6.04 Å². The van der Waals surface area contributed by atoms with E-state index in [4.69, 9.17) is 9.47 Å². The van der Waals surface area contributed by atoms with Crippen LogP contribution in [0.25, 0.3) is 0 Å². The minimum Gasteiger partial charge on any atom is -0.449 e. The van der Waals surface area contributed by atoms with Crippen LogP contribution in [0.4, 0.5) is 4.79 Å². The number of carbonyl (C=O) groups excluding carboxylic acids is 2. The zero-order valence-electron chi connectivity index (χ0n) is 13.0. The maximum Gasteiger partial charge on any atom is 0.410 e. The number of ether oxygens (including phenoxy) is 2. The number of likely N-dealkylation sites (tertiary alicyclic amines) is 1. The largest absolute Gasteiger partial charge is 0.449 e. The van der Waals surface area contributed by atoms with E-state index in [-0.39, 0.29) is 24.8 Å². The molecule has 0 aromatic rings. The van der Waals surface area contributed by atoms with Crippen molar-refractivity contribution in [3.8, 4) is 0 Å². The molecule has 2 N–H and O–H groups in total. The highest BCUT2D eigenvalue weighted by Gasteiger charge is 2.39. The van der Waals surface area contributed by atoms with Crippen LogP contribution in [-0.2, 0) is 14.3 Å². The van der Waals surface area contributed by atoms with Crippen molar-refractivity contribution in [2.45, 2.75) is 38.8 Å². The van der Waals surface area contributed by atoms with Crippen molar-refractivity contribution in [3.63, 3.8) is 0 Å². The van der Waals surface area contributed by atoms with Crippen LogP contribution in [0.1, 0.15) is 26.7 Å². The Morgan fingerprint density at radius 1 is 1.43 bits per heavy atom. The molecule has 0 bridgehead atoms. The molecule has 0 spiro atoms. The number of methoxy groups -OCH3 is 1. The van der Waals surface area contributed by atoms with Crippen molar-refractivity contribution in [2.75, 3.05) is 33.4 Å². The number of nitrogens with zero attached hydrogens (tertiary/aromatic N) is 1. The number of aliphatic hydroxyl groups is 1. The number of hydrogen-bond acceptors (Lipinski definition) is 5. The van der Waals surface area contributed by atoms with Gasteiger partial charge in [0.15, 0.2) is 0 Å². The third-order valence-electron chi connectivity index (χ3n) is 3.18. The predicted molar refractivity (Wildman–Crippen MR) is 76.8 cm³/mol. The van der Waals surface area contributed by atoms with E-state index in [9.17, 15) is 14.7 Å². The van der Waals surface area contributed by atoms with E-state index in [1.807, 2.05) is 13.8 Å². The molecule has 7 nitrogen and oxygen atoms in total. The van der Waals surface area contributed by atoms with Crippen LogP contribution >= 0.6 is 0 Å². The number of nitrogens with one attached hydrogen (secondary N) is 1. The summed E-state index contributed by atoms with van der Waals surface area (Å²) in [7, 11) is 1.60. The summed E-state index contributed by atoms with van der Waals surface area (Å²) in [5.41, 5.74) is 0. The lowest BCUT2D eigenvalue weighted by atomic mass is 10.2. The average molecular weight is 302 g/mol. The van der Waals surface area contributed by atoms with Gasteiger partial charge < -0.3 is 19.9 Å². The fourth-order valence-electron chi connectivity index (χ4n) is 2.13. The number of amides is 2. The summed E-state index contributed by atoms with van der Waals surface area (Å²) < 4.78 is 10.0. The van der Waals surface area contributed by atoms with Crippen molar-refractivity contribution in [1.82, 2.24) is 10.2 Å². The molecule has 2 amide bonds. The number of aliphatic hydroxyl groups excluding tert-OH is 1. The van der Waals surface area contributed by atoms with Crippen LogP contribution in [0.2, 0.25) is 0 Å². The smallest absolute Gasteiger partial charge is 0.410 e. The van der Waals surface area contributed by atoms with Crippen molar-refractivity contribution < 1.29 is 24.2 Å². The first-order valence-corrected chi connectivity index (χ1v) is 7.33. The molecule has 2 atom stereocenters. The number of rotatable bonds is 7.